The number of carbonyl (C=O) groups excluding carboxylic acids is 1. The molecule has 3 aliphatic heterocycles. The third-order valence-electron chi connectivity index (χ3n) is 4.61. The Hall–Kier alpha value is -2.61. The van der Waals surface area contributed by atoms with Crippen LogP contribution in [0.3, 0.4) is 0 Å². The summed E-state index contributed by atoms with van der Waals surface area (Å²) in [5.74, 6) is 0.374. The number of fused-ring (bicyclic) bond motifs is 1. The van der Waals surface area contributed by atoms with Crippen LogP contribution in [0.25, 0.3) is 5.57 Å². The van der Waals surface area contributed by atoms with Gasteiger partial charge in [-0.05, 0) is 18.4 Å². The molecule has 0 radical (unpaired) electrons. The van der Waals surface area contributed by atoms with Crippen molar-refractivity contribution in [3.63, 3.8) is 0 Å². The molecule has 4 N–H and O–H groups in total. The topological polar surface area (TPSA) is 91.0 Å². The van der Waals surface area contributed by atoms with Crippen molar-refractivity contribution < 1.29 is 9.18 Å². The van der Waals surface area contributed by atoms with Crippen LogP contribution in [0.2, 0.25) is 0 Å². The molecule has 0 saturated carbocycles. The highest BCUT2D eigenvalue weighted by Crippen LogP contribution is 2.31. The molecule has 7 nitrogen and oxygen atoms in total. The predicted octanol–water partition coefficient (Wildman–Crippen LogP) is 1.43. The van der Waals surface area contributed by atoms with Gasteiger partial charge in [-0.1, -0.05) is 11.6 Å². The van der Waals surface area contributed by atoms with E-state index in [2.05, 4.69) is 31.2 Å². The molecule has 1 amide bonds. The van der Waals surface area contributed by atoms with Crippen LogP contribution in [-0.4, -0.2) is 35.1 Å². The Balaban J connectivity index is 1.50. The van der Waals surface area contributed by atoms with Crippen molar-refractivity contribution >= 4 is 28.9 Å². The largest absolute Gasteiger partial charge is 0.367 e. The Morgan fingerprint density at radius 3 is 3.00 bits per heavy atom. The summed E-state index contributed by atoms with van der Waals surface area (Å²) in [4.78, 5) is 19.7. The van der Waals surface area contributed by atoms with Gasteiger partial charge in [0, 0.05) is 43.1 Å². The molecule has 0 bridgehead atoms. The number of allylic oxidation sites excluding steroid dienone is 2. The summed E-state index contributed by atoms with van der Waals surface area (Å²) in [7, 11) is 0. The number of dihydropyridines is 1. The van der Waals surface area contributed by atoms with Crippen LogP contribution in [0.5, 0.6) is 0 Å². The van der Waals surface area contributed by atoms with E-state index in [4.69, 9.17) is 11.6 Å². The van der Waals surface area contributed by atoms with Crippen LogP contribution >= 0.6 is 11.6 Å². The minimum atomic E-state index is -0.509. The lowest BCUT2D eigenvalue weighted by Gasteiger charge is -2.23. The lowest BCUT2D eigenvalue weighted by Crippen LogP contribution is -2.37. The minimum absolute atomic E-state index is 0.0639. The first-order chi connectivity index (χ1) is 12.6. The molecule has 2 unspecified atom stereocenters. The SMILES string of the molecule is O=C1CCC(CNc2nc(C3=CNC4NC=C(Cl)C=C34)ncc2F)CN1. The second kappa shape index (κ2) is 6.95. The van der Waals surface area contributed by atoms with Crippen molar-refractivity contribution in [2.45, 2.75) is 19.0 Å². The summed E-state index contributed by atoms with van der Waals surface area (Å²) in [5.41, 5.74) is 1.67. The molecule has 26 heavy (non-hydrogen) atoms. The number of hydrogen-bond acceptors (Lipinski definition) is 6. The summed E-state index contributed by atoms with van der Waals surface area (Å²) in [6, 6.07) is 0. The molecule has 1 aromatic heterocycles. The fourth-order valence-corrected chi connectivity index (χ4v) is 3.34. The van der Waals surface area contributed by atoms with Gasteiger partial charge in [0.2, 0.25) is 5.91 Å². The van der Waals surface area contributed by atoms with E-state index in [1.807, 2.05) is 6.08 Å². The number of carbonyl (C=O) groups is 1. The number of amides is 1. The van der Waals surface area contributed by atoms with Crippen molar-refractivity contribution in [1.82, 2.24) is 25.9 Å². The van der Waals surface area contributed by atoms with Gasteiger partial charge in [-0.3, -0.25) is 4.79 Å². The van der Waals surface area contributed by atoms with Crippen molar-refractivity contribution in [2.24, 2.45) is 5.92 Å². The molecule has 1 fully saturated rings. The van der Waals surface area contributed by atoms with Gasteiger partial charge in [0.1, 0.15) is 6.17 Å². The Kier molecular flexibility index (Phi) is 4.50. The Bertz CT molecular complexity index is 827. The fourth-order valence-electron chi connectivity index (χ4n) is 3.16. The zero-order chi connectivity index (χ0) is 18.1. The molecular formula is C17H18ClFN6O. The molecule has 0 aromatic carbocycles. The molecule has 136 valence electrons. The zero-order valence-electron chi connectivity index (χ0n) is 13.9. The van der Waals surface area contributed by atoms with E-state index in [0.29, 0.717) is 30.4 Å². The first kappa shape index (κ1) is 16.8. The lowest BCUT2D eigenvalue weighted by atomic mass is 9.99. The van der Waals surface area contributed by atoms with Gasteiger partial charge in [0.05, 0.1) is 11.2 Å². The van der Waals surface area contributed by atoms with Gasteiger partial charge >= 0.3 is 0 Å². The summed E-state index contributed by atoms with van der Waals surface area (Å²) in [6.45, 7) is 1.12. The standard InChI is InChI=1S/C17H18ClFN6O/c18-10-3-11-12(7-23-15(11)22-6-10)16-24-8-13(19)17(25-16)21-5-9-1-2-14(26)20-4-9/h3,6-9,15,22-23H,1-2,4-5H2,(H,20,26)(H,21,24,25). The van der Waals surface area contributed by atoms with E-state index in [0.717, 1.165) is 23.8 Å². The second-order valence-corrected chi connectivity index (χ2v) is 6.87. The van der Waals surface area contributed by atoms with E-state index in [-0.39, 0.29) is 23.8 Å². The number of nitrogens with one attached hydrogen (secondary N) is 4. The van der Waals surface area contributed by atoms with Gasteiger partial charge < -0.3 is 21.3 Å². The highest BCUT2D eigenvalue weighted by molar-refractivity contribution is 6.31. The smallest absolute Gasteiger partial charge is 0.220 e. The second-order valence-electron chi connectivity index (χ2n) is 6.43. The maximum Gasteiger partial charge on any atom is 0.220 e. The average Bonchev–Trinajstić information content (AvgIpc) is 3.05. The molecule has 0 spiro atoms. The molecule has 1 aromatic rings. The number of hydrogen-bond donors (Lipinski definition) is 4. The number of rotatable bonds is 4. The number of nitrogens with zero attached hydrogens (tertiary/aromatic N) is 2. The summed E-state index contributed by atoms with van der Waals surface area (Å²) < 4.78 is 14.1. The summed E-state index contributed by atoms with van der Waals surface area (Å²) >= 11 is 6.06. The van der Waals surface area contributed by atoms with Crippen molar-refractivity contribution in [3.05, 3.63) is 46.9 Å². The van der Waals surface area contributed by atoms with Crippen molar-refractivity contribution in [2.75, 3.05) is 18.4 Å². The van der Waals surface area contributed by atoms with Gasteiger partial charge in [-0.25, -0.2) is 14.4 Å². The van der Waals surface area contributed by atoms with Crippen LogP contribution < -0.4 is 21.3 Å². The molecule has 9 heteroatoms. The van der Waals surface area contributed by atoms with E-state index < -0.39 is 5.82 Å². The van der Waals surface area contributed by atoms with Crippen molar-refractivity contribution in [3.8, 4) is 0 Å². The van der Waals surface area contributed by atoms with Gasteiger partial charge in [0.15, 0.2) is 17.5 Å². The van der Waals surface area contributed by atoms with E-state index in [1.165, 1.54) is 0 Å². The fraction of sp³-hybridized carbons (Fsp3) is 0.353. The highest BCUT2D eigenvalue weighted by Gasteiger charge is 2.28. The van der Waals surface area contributed by atoms with Crippen molar-refractivity contribution in [1.29, 1.82) is 0 Å². The molecule has 0 aliphatic carbocycles. The maximum absolute atomic E-state index is 14.1. The quantitative estimate of drug-likeness (QED) is 0.635. The number of halogens is 2. The number of aromatic nitrogens is 2. The third-order valence-corrected chi connectivity index (χ3v) is 4.83. The number of piperidine rings is 1. The van der Waals surface area contributed by atoms with E-state index in [9.17, 15) is 9.18 Å². The van der Waals surface area contributed by atoms with E-state index in [1.54, 1.807) is 12.4 Å². The average molecular weight is 377 g/mol. The highest BCUT2D eigenvalue weighted by atomic mass is 35.5. The third kappa shape index (κ3) is 3.37. The summed E-state index contributed by atoms with van der Waals surface area (Å²) in [6.07, 6.45) is 7.68. The molecular weight excluding hydrogens is 359 g/mol. The van der Waals surface area contributed by atoms with Gasteiger partial charge in [0.25, 0.3) is 0 Å². The molecule has 3 aliphatic rings. The monoisotopic (exact) mass is 376 g/mol. The van der Waals surface area contributed by atoms with Crippen LogP contribution in [0, 0.1) is 11.7 Å². The maximum atomic E-state index is 14.1. The predicted molar refractivity (Wildman–Crippen MR) is 96.3 cm³/mol. The first-order valence-electron chi connectivity index (χ1n) is 8.43. The summed E-state index contributed by atoms with van der Waals surface area (Å²) in [5, 5.41) is 12.7. The molecule has 1 saturated heterocycles. The Morgan fingerprint density at radius 1 is 1.35 bits per heavy atom. The molecule has 2 atom stereocenters. The molecule has 4 rings (SSSR count). The Morgan fingerprint density at radius 2 is 2.19 bits per heavy atom. The van der Waals surface area contributed by atoms with Crippen LogP contribution in [0.4, 0.5) is 10.2 Å². The minimum Gasteiger partial charge on any atom is -0.367 e. The zero-order valence-corrected chi connectivity index (χ0v) is 14.6. The lowest BCUT2D eigenvalue weighted by molar-refractivity contribution is -0.122. The van der Waals surface area contributed by atoms with E-state index >= 15 is 0 Å². The van der Waals surface area contributed by atoms with Gasteiger partial charge in [-0.15, -0.1) is 0 Å². The number of anilines is 1. The van der Waals surface area contributed by atoms with Crippen LogP contribution in [-0.2, 0) is 4.79 Å². The van der Waals surface area contributed by atoms with Gasteiger partial charge in [-0.2, -0.15) is 0 Å². The van der Waals surface area contributed by atoms with Crippen LogP contribution in [0.15, 0.2) is 35.3 Å². The normalized spacial score (nSPS) is 24.4. The first-order valence-corrected chi connectivity index (χ1v) is 8.81. The molecule has 4 heterocycles. The van der Waals surface area contributed by atoms with Crippen LogP contribution in [0.1, 0.15) is 18.7 Å². The Labute approximate surface area is 154 Å².